The molecule has 0 radical (unpaired) electrons. The van der Waals surface area contributed by atoms with Crippen molar-refractivity contribution in [1.82, 2.24) is 14.7 Å². The lowest BCUT2D eigenvalue weighted by atomic mass is 9.95. The van der Waals surface area contributed by atoms with Gasteiger partial charge in [-0.05, 0) is 24.5 Å². The van der Waals surface area contributed by atoms with E-state index >= 15 is 0 Å². The van der Waals surface area contributed by atoms with Gasteiger partial charge in [0.15, 0.2) is 0 Å². The molecule has 156 valence electrons. The summed E-state index contributed by atoms with van der Waals surface area (Å²) in [6, 6.07) is 5.71. The van der Waals surface area contributed by atoms with Gasteiger partial charge in [0.25, 0.3) is 5.91 Å². The Bertz CT molecular complexity index is 843. The van der Waals surface area contributed by atoms with Gasteiger partial charge in [0.05, 0.1) is 11.5 Å². The summed E-state index contributed by atoms with van der Waals surface area (Å²) in [6.45, 7) is 3.44. The average molecular weight is 407 g/mol. The number of likely N-dealkylation sites (tertiary alicyclic amines) is 1. The molecule has 3 aliphatic heterocycles. The molecule has 1 aromatic rings. The molecule has 1 aromatic carbocycles. The van der Waals surface area contributed by atoms with E-state index in [4.69, 9.17) is 0 Å². The highest BCUT2D eigenvalue weighted by Crippen LogP contribution is 2.32. The van der Waals surface area contributed by atoms with E-state index in [1.807, 2.05) is 21.7 Å². The smallest absolute Gasteiger partial charge is 0.362 e. The number of piperidine rings is 1. The molecule has 2 fully saturated rings. The van der Waals surface area contributed by atoms with Crippen molar-refractivity contribution >= 4 is 17.7 Å². The number of carbonyl (C=O) groups is 1. The fraction of sp³-hybridized carbons (Fsp3) is 0.550. The molecule has 0 bridgehead atoms. The minimum atomic E-state index is -4.35. The van der Waals surface area contributed by atoms with Crippen molar-refractivity contribution in [2.75, 3.05) is 39.8 Å². The number of hydrogen-bond donors (Lipinski definition) is 0. The summed E-state index contributed by atoms with van der Waals surface area (Å²) in [4.78, 5) is 27.2. The van der Waals surface area contributed by atoms with Crippen molar-refractivity contribution in [3.8, 4) is 0 Å². The number of alkyl halides is 3. The van der Waals surface area contributed by atoms with Crippen LogP contribution < -0.4 is 0 Å². The topological polar surface area (TPSA) is 51.5 Å². The van der Waals surface area contributed by atoms with Crippen LogP contribution in [-0.4, -0.2) is 72.2 Å². The fourth-order valence-electron chi connectivity index (χ4n) is 4.17. The minimum Gasteiger partial charge on any atom is -0.362 e. The van der Waals surface area contributed by atoms with Gasteiger partial charge in [-0.3, -0.25) is 9.69 Å². The summed E-state index contributed by atoms with van der Waals surface area (Å²) in [5, 5.41) is 0. The van der Waals surface area contributed by atoms with E-state index in [0.29, 0.717) is 32.1 Å². The second-order valence-electron chi connectivity index (χ2n) is 7.75. The van der Waals surface area contributed by atoms with Gasteiger partial charge < -0.3 is 9.80 Å². The Morgan fingerprint density at radius 3 is 2.52 bits per heavy atom. The number of amides is 1. The number of rotatable bonds is 2. The van der Waals surface area contributed by atoms with Crippen molar-refractivity contribution in [1.29, 1.82) is 0 Å². The van der Waals surface area contributed by atoms with Gasteiger partial charge in [-0.15, -0.1) is 0 Å². The van der Waals surface area contributed by atoms with Crippen LogP contribution in [0.3, 0.4) is 0 Å². The Kier molecular flexibility index (Phi) is 5.33. The molecule has 2 saturated heterocycles. The summed E-state index contributed by atoms with van der Waals surface area (Å²) >= 11 is 0. The van der Waals surface area contributed by atoms with Crippen molar-refractivity contribution in [2.24, 2.45) is 15.9 Å². The molecule has 1 unspecified atom stereocenters. The van der Waals surface area contributed by atoms with Crippen LogP contribution in [0, 0.1) is 5.92 Å². The van der Waals surface area contributed by atoms with Crippen LogP contribution in [0.15, 0.2) is 34.3 Å². The van der Waals surface area contributed by atoms with Crippen molar-refractivity contribution in [3.63, 3.8) is 0 Å². The number of piperazine rings is 1. The zero-order valence-corrected chi connectivity index (χ0v) is 16.3. The first-order valence-electron chi connectivity index (χ1n) is 9.87. The standard InChI is InChI=1S/C20H24F3N5O/c1-26-8-4-6-15-17(26)24-19(25-18(15)29)28-11-9-27(10-12-28)13-14-5-2-3-7-16(14)20(21,22)23/h2-3,5,7,15H,4,6,8-13H2,1H3. The molecule has 3 aliphatic rings. The van der Waals surface area contributed by atoms with Crippen LogP contribution in [0.1, 0.15) is 24.0 Å². The monoisotopic (exact) mass is 407 g/mol. The van der Waals surface area contributed by atoms with E-state index in [0.717, 1.165) is 31.3 Å². The van der Waals surface area contributed by atoms with E-state index < -0.39 is 11.7 Å². The molecule has 0 aliphatic carbocycles. The number of nitrogens with zero attached hydrogens (tertiary/aromatic N) is 5. The van der Waals surface area contributed by atoms with Crippen LogP contribution in [0.25, 0.3) is 0 Å². The summed E-state index contributed by atoms with van der Waals surface area (Å²) in [6.07, 6.45) is -2.62. The lowest BCUT2D eigenvalue weighted by Crippen LogP contribution is -2.51. The SMILES string of the molecule is CN1CCCC2C(=O)N=C(N3CCN(Cc4ccccc4C(F)(F)F)CC3)N=C21. The number of halogens is 3. The molecule has 3 heterocycles. The number of carbonyl (C=O) groups excluding carboxylic acids is 1. The maximum Gasteiger partial charge on any atom is 0.416 e. The second kappa shape index (κ2) is 7.78. The average Bonchev–Trinajstić information content (AvgIpc) is 2.69. The third-order valence-electron chi connectivity index (χ3n) is 5.78. The molecular weight excluding hydrogens is 383 g/mol. The first-order valence-corrected chi connectivity index (χ1v) is 9.87. The number of guanidine groups is 1. The van der Waals surface area contributed by atoms with E-state index in [9.17, 15) is 18.0 Å². The Morgan fingerprint density at radius 1 is 1.07 bits per heavy atom. The van der Waals surface area contributed by atoms with E-state index in [2.05, 4.69) is 9.98 Å². The van der Waals surface area contributed by atoms with E-state index in [1.54, 1.807) is 6.07 Å². The van der Waals surface area contributed by atoms with E-state index in [1.165, 1.54) is 12.1 Å². The molecular formula is C20H24F3N5O. The molecule has 1 atom stereocenters. The quantitative estimate of drug-likeness (QED) is 0.756. The number of amidine groups is 1. The molecule has 0 aromatic heterocycles. The van der Waals surface area contributed by atoms with Crippen LogP contribution in [0.5, 0.6) is 0 Å². The highest BCUT2D eigenvalue weighted by molar-refractivity contribution is 6.14. The van der Waals surface area contributed by atoms with Crippen molar-refractivity contribution in [2.45, 2.75) is 25.6 Å². The molecule has 9 heteroatoms. The molecule has 0 spiro atoms. The van der Waals surface area contributed by atoms with Crippen LogP contribution in [0.4, 0.5) is 13.2 Å². The summed E-state index contributed by atoms with van der Waals surface area (Å²) in [5.74, 6) is 0.842. The zero-order chi connectivity index (χ0) is 20.6. The lowest BCUT2D eigenvalue weighted by Gasteiger charge is -2.38. The predicted octanol–water partition coefficient (Wildman–Crippen LogP) is 2.46. The van der Waals surface area contributed by atoms with Gasteiger partial charge in [-0.1, -0.05) is 18.2 Å². The Balaban J connectivity index is 1.41. The number of benzene rings is 1. The molecule has 29 heavy (non-hydrogen) atoms. The van der Waals surface area contributed by atoms with Crippen LogP contribution in [0.2, 0.25) is 0 Å². The molecule has 1 amide bonds. The van der Waals surface area contributed by atoms with Crippen LogP contribution in [-0.2, 0) is 17.5 Å². The number of fused-ring (bicyclic) bond motifs is 1. The zero-order valence-electron chi connectivity index (χ0n) is 16.3. The van der Waals surface area contributed by atoms with Gasteiger partial charge in [-0.25, -0.2) is 0 Å². The number of aliphatic imine (C=N–C) groups is 2. The van der Waals surface area contributed by atoms with Crippen molar-refractivity contribution in [3.05, 3.63) is 35.4 Å². The predicted molar refractivity (Wildman–Crippen MR) is 104 cm³/mol. The highest BCUT2D eigenvalue weighted by Gasteiger charge is 2.36. The third-order valence-corrected chi connectivity index (χ3v) is 5.78. The van der Waals surface area contributed by atoms with Crippen molar-refractivity contribution < 1.29 is 18.0 Å². The van der Waals surface area contributed by atoms with Gasteiger partial charge >= 0.3 is 6.18 Å². The molecule has 0 saturated carbocycles. The normalized spacial score (nSPS) is 23.6. The van der Waals surface area contributed by atoms with Gasteiger partial charge in [0.2, 0.25) is 5.96 Å². The minimum absolute atomic E-state index is 0.141. The third kappa shape index (κ3) is 4.14. The maximum absolute atomic E-state index is 13.2. The second-order valence-corrected chi connectivity index (χ2v) is 7.75. The van der Waals surface area contributed by atoms with Crippen LogP contribution >= 0.6 is 0 Å². The molecule has 6 nitrogen and oxygen atoms in total. The molecule has 4 rings (SSSR count). The van der Waals surface area contributed by atoms with E-state index in [-0.39, 0.29) is 23.9 Å². The fourth-order valence-corrected chi connectivity index (χ4v) is 4.17. The Hall–Kier alpha value is -2.42. The summed E-state index contributed by atoms with van der Waals surface area (Å²) in [7, 11) is 1.94. The summed E-state index contributed by atoms with van der Waals surface area (Å²) in [5.41, 5.74) is -0.298. The Morgan fingerprint density at radius 2 is 1.79 bits per heavy atom. The van der Waals surface area contributed by atoms with Gasteiger partial charge in [-0.2, -0.15) is 23.2 Å². The molecule has 0 N–H and O–H groups in total. The first-order chi connectivity index (χ1) is 13.8. The largest absolute Gasteiger partial charge is 0.416 e. The maximum atomic E-state index is 13.2. The summed E-state index contributed by atoms with van der Waals surface area (Å²) < 4.78 is 39.7. The first kappa shape index (κ1) is 19.9. The highest BCUT2D eigenvalue weighted by atomic mass is 19.4. The van der Waals surface area contributed by atoms with Gasteiger partial charge in [0, 0.05) is 46.3 Å². The number of hydrogen-bond acceptors (Lipinski definition) is 5. The Labute approximate surface area is 167 Å². The lowest BCUT2D eigenvalue weighted by molar-refractivity contribution is -0.138. The van der Waals surface area contributed by atoms with Gasteiger partial charge in [0.1, 0.15) is 5.84 Å².